The number of rotatable bonds is 10. The van der Waals surface area contributed by atoms with Crippen molar-refractivity contribution in [3.8, 4) is 17.6 Å². The maximum atomic E-state index is 14.1. The number of anilines is 1. The molecule has 4 rings (SSSR count). The molecule has 1 saturated heterocycles. The molecule has 302 valence electrons. The van der Waals surface area contributed by atoms with Crippen molar-refractivity contribution < 1.29 is 45.1 Å². The number of halogens is 3. The molecule has 2 N–H and O–H groups in total. The molecule has 2 amide bonds. The summed E-state index contributed by atoms with van der Waals surface area (Å²) in [7, 11) is -4.29. The lowest BCUT2D eigenvalue weighted by Crippen LogP contribution is -2.55. The van der Waals surface area contributed by atoms with E-state index in [0.717, 1.165) is 17.2 Å². The maximum absolute atomic E-state index is 14.1. The highest BCUT2D eigenvalue weighted by atomic mass is 32.2. The van der Waals surface area contributed by atoms with Crippen molar-refractivity contribution in [3.63, 3.8) is 0 Å². The number of aromatic nitrogens is 2. The Kier molecular flexibility index (Phi) is 13.0. The maximum Gasteiger partial charge on any atom is 0.410 e. The van der Waals surface area contributed by atoms with Gasteiger partial charge in [-0.25, -0.2) is 18.2 Å². The summed E-state index contributed by atoms with van der Waals surface area (Å²) in [5, 5.41) is 6.06. The second-order valence-corrected chi connectivity index (χ2v) is 23.1. The Hall–Kier alpha value is -4.27. The second kappa shape index (κ2) is 16.4. The molecule has 2 heterocycles. The number of alkyl halides is 3. The van der Waals surface area contributed by atoms with Gasteiger partial charge in [0.2, 0.25) is 0 Å². The number of carbonyl (C=O) groups excluding carboxylic acids is 2. The molecular weight excluding hydrogens is 756 g/mol. The molecule has 2 aromatic carbocycles. The Morgan fingerprint density at radius 1 is 1.07 bits per heavy atom. The van der Waals surface area contributed by atoms with Crippen molar-refractivity contribution >= 4 is 46.9 Å². The first-order valence-corrected chi connectivity index (χ1v) is 22.7. The summed E-state index contributed by atoms with van der Waals surface area (Å²) >= 11 is 0. The van der Waals surface area contributed by atoms with E-state index in [-0.39, 0.29) is 63.5 Å². The van der Waals surface area contributed by atoms with Crippen molar-refractivity contribution in [1.82, 2.24) is 19.8 Å². The molecule has 3 aromatic rings. The molecule has 1 fully saturated rings. The van der Waals surface area contributed by atoms with Crippen LogP contribution in [-0.4, -0.2) is 101 Å². The SMILES string of the molecule is COc1cc(S(C)(=O)=O)ccc1NCC#Cc1cc(C(=O)NC2CCN(C(=O)OC(C)(C)C)CC2CO[Si](C)(C)C(C)(C)C)c2ncn(CC(F)(F)F)c2c1. The second-order valence-electron chi connectivity index (χ2n) is 16.3. The van der Waals surface area contributed by atoms with E-state index in [4.69, 9.17) is 13.9 Å². The summed E-state index contributed by atoms with van der Waals surface area (Å²) in [6, 6.07) is 6.87. The van der Waals surface area contributed by atoms with Gasteiger partial charge in [-0.05, 0) is 69.6 Å². The van der Waals surface area contributed by atoms with E-state index >= 15 is 0 Å². The Bertz CT molecular complexity index is 2060. The number of imidazole rings is 1. The lowest BCUT2D eigenvalue weighted by molar-refractivity contribution is -0.140. The highest BCUT2D eigenvalue weighted by Crippen LogP contribution is 2.37. The molecule has 0 radical (unpaired) electrons. The third-order valence-corrected chi connectivity index (χ3v) is 15.3. The van der Waals surface area contributed by atoms with Crippen molar-refractivity contribution in [2.24, 2.45) is 5.92 Å². The van der Waals surface area contributed by atoms with Gasteiger partial charge in [0.05, 0.1) is 41.6 Å². The van der Waals surface area contributed by atoms with E-state index in [1.165, 1.54) is 31.4 Å². The summed E-state index contributed by atoms with van der Waals surface area (Å²) in [6.07, 6.45) is -2.48. The number of ether oxygens (including phenoxy) is 2. The number of amides is 2. The predicted octanol–water partition coefficient (Wildman–Crippen LogP) is 6.85. The van der Waals surface area contributed by atoms with Crippen molar-refractivity contribution in [3.05, 3.63) is 47.8 Å². The van der Waals surface area contributed by atoms with Crippen molar-refractivity contribution in [2.75, 3.05) is 44.9 Å². The van der Waals surface area contributed by atoms with Gasteiger partial charge in [-0.15, -0.1) is 0 Å². The van der Waals surface area contributed by atoms with E-state index in [0.29, 0.717) is 18.7 Å². The number of likely N-dealkylation sites (tertiary alicyclic amines) is 1. The molecule has 0 spiro atoms. The summed E-state index contributed by atoms with van der Waals surface area (Å²) < 4.78 is 83.1. The molecule has 55 heavy (non-hydrogen) atoms. The Balaban J connectivity index is 1.64. The summed E-state index contributed by atoms with van der Waals surface area (Å²) in [6.45, 7) is 15.6. The molecule has 2 unspecified atom stereocenters. The van der Waals surface area contributed by atoms with E-state index in [1.54, 1.807) is 31.7 Å². The first-order chi connectivity index (χ1) is 25.3. The molecular formula is C38H52F3N5O7SSi. The van der Waals surface area contributed by atoms with Gasteiger partial charge in [0.1, 0.15) is 23.4 Å². The van der Waals surface area contributed by atoms with Crippen LogP contribution in [0.5, 0.6) is 5.75 Å². The van der Waals surface area contributed by atoms with Crippen LogP contribution in [0.2, 0.25) is 18.1 Å². The van der Waals surface area contributed by atoms with Gasteiger partial charge in [0.25, 0.3) is 5.91 Å². The van der Waals surface area contributed by atoms with Crippen LogP contribution >= 0.6 is 0 Å². The zero-order valence-corrected chi connectivity index (χ0v) is 34.9. The average molecular weight is 808 g/mol. The fourth-order valence-corrected chi connectivity index (χ4v) is 7.42. The van der Waals surface area contributed by atoms with Gasteiger partial charge in [-0.2, -0.15) is 13.2 Å². The fourth-order valence-electron chi connectivity index (χ4n) is 5.72. The molecule has 2 atom stereocenters. The minimum absolute atomic E-state index is 0.0485. The van der Waals surface area contributed by atoms with Crippen LogP contribution in [0.15, 0.2) is 41.6 Å². The number of hydrogen-bond donors (Lipinski definition) is 2. The van der Waals surface area contributed by atoms with Crippen LogP contribution in [0.3, 0.4) is 0 Å². The van der Waals surface area contributed by atoms with Gasteiger partial charge in [-0.1, -0.05) is 32.6 Å². The van der Waals surface area contributed by atoms with Gasteiger partial charge in [0.15, 0.2) is 18.2 Å². The fraction of sp³-hybridized carbons (Fsp3) is 0.553. The van der Waals surface area contributed by atoms with Crippen LogP contribution in [-0.2, 0) is 25.5 Å². The number of nitrogens with one attached hydrogen (secondary N) is 2. The third kappa shape index (κ3) is 11.6. The normalized spacial score (nSPS) is 17.0. The van der Waals surface area contributed by atoms with Crippen LogP contribution in [0.25, 0.3) is 11.0 Å². The van der Waals surface area contributed by atoms with E-state index < -0.39 is 54.5 Å². The van der Waals surface area contributed by atoms with Crippen molar-refractivity contribution in [1.29, 1.82) is 0 Å². The molecule has 1 aliphatic heterocycles. The predicted molar refractivity (Wildman–Crippen MR) is 208 cm³/mol. The van der Waals surface area contributed by atoms with Gasteiger partial charge in [0, 0.05) is 49.5 Å². The molecule has 17 heteroatoms. The number of hydrogen-bond acceptors (Lipinski definition) is 9. The van der Waals surface area contributed by atoms with Crippen LogP contribution in [0, 0.1) is 17.8 Å². The highest BCUT2D eigenvalue weighted by Gasteiger charge is 2.41. The third-order valence-electron chi connectivity index (χ3n) is 9.69. The first kappa shape index (κ1) is 43.5. The first-order valence-electron chi connectivity index (χ1n) is 17.9. The number of methoxy groups -OCH3 is 1. The van der Waals surface area contributed by atoms with Crippen LogP contribution < -0.4 is 15.4 Å². The highest BCUT2D eigenvalue weighted by molar-refractivity contribution is 7.90. The number of benzene rings is 2. The summed E-state index contributed by atoms with van der Waals surface area (Å²) in [5.41, 5.74) is 0.276. The lowest BCUT2D eigenvalue weighted by atomic mass is 9.92. The number of fused-ring (bicyclic) bond motifs is 1. The largest absolute Gasteiger partial charge is 0.495 e. The molecule has 0 aliphatic carbocycles. The molecule has 0 bridgehead atoms. The summed E-state index contributed by atoms with van der Waals surface area (Å²) in [5.74, 6) is 5.27. The Morgan fingerprint density at radius 3 is 2.36 bits per heavy atom. The topological polar surface area (TPSA) is 141 Å². The van der Waals surface area contributed by atoms with Gasteiger partial charge >= 0.3 is 12.3 Å². The number of nitrogens with zero attached hydrogens (tertiary/aromatic N) is 3. The smallest absolute Gasteiger partial charge is 0.410 e. The molecule has 12 nitrogen and oxygen atoms in total. The zero-order chi connectivity index (χ0) is 41.1. The molecule has 1 aromatic heterocycles. The quantitative estimate of drug-likeness (QED) is 0.166. The summed E-state index contributed by atoms with van der Waals surface area (Å²) in [4.78, 5) is 33.1. The number of piperidine rings is 1. The molecule has 1 aliphatic rings. The monoisotopic (exact) mass is 807 g/mol. The lowest BCUT2D eigenvalue weighted by Gasteiger charge is -2.42. The van der Waals surface area contributed by atoms with E-state index in [2.05, 4.69) is 61.3 Å². The van der Waals surface area contributed by atoms with E-state index in [9.17, 15) is 31.2 Å². The standard InChI is InChI=1S/C38H52F3N5O7SSi/c1-36(2,3)53-35(48)45-17-15-29(26(21-45)22-52-55(9,10)37(4,5)6)44-34(47)28-18-25(19-31-33(28)43-24-46(31)23-38(39,40)41)12-11-16-42-30-14-13-27(54(8,49)50)20-32(30)51-7/h13-14,18-20,24,26,29,42H,15-17,21-23H2,1-10H3,(H,44,47). The number of carbonyl (C=O) groups is 2. The minimum atomic E-state index is -4.55. The average Bonchev–Trinajstić information content (AvgIpc) is 3.44. The Labute approximate surface area is 322 Å². The van der Waals surface area contributed by atoms with Crippen LogP contribution in [0.1, 0.15) is 63.9 Å². The van der Waals surface area contributed by atoms with Crippen LogP contribution in [0.4, 0.5) is 23.7 Å². The zero-order valence-electron chi connectivity index (χ0n) is 33.1. The Morgan fingerprint density at radius 2 is 1.76 bits per heavy atom. The molecule has 0 saturated carbocycles. The van der Waals surface area contributed by atoms with E-state index in [1.807, 2.05) is 0 Å². The minimum Gasteiger partial charge on any atom is -0.495 e. The number of sulfone groups is 1. The van der Waals surface area contributed by atoms with Crippen molar-refractivity contribution in [2.45, 2.75) is 95.4 Å². The van der Waals surface area contributed by atoms with Gasteiger partial charge < -0.3 is 34.0 Å². The van der Waals surface area contributed by atoms with Gasteiger partial charge in [-0.3, -0.25) is 4.79 Å².